The van der Waals surface area contributed by atoms with Gasteiger partial charge < -0.3 is 5.73 Å². The van der Waals surface area contributed by atoms with E-state index in [-0.39, 0.29) is 5.78 Å². The van der Waals surface area contributed by atoms with Crippen molar-refractivity contribution in [3.8, 4) is 0 Å². The summed E-state index contributed by atoms with van der Waals surface area (Å²) in [5.41, 5.74) is 7.26. The Morgan fingerprint density at radius 1 is 1.40 bits per heavy atom. The van der Waals surface area contributed by atoms with Crippen LogP contribution in [0.4, 0.5) is 5.69 Å². The largest absolute Gasteiger partial charge is 0.398 e. The fourth-order valence-electron chi connectivity index (χ4n) is 1.86. The topological polar surface area (TPSA) is 56.0 Å². The van der Waals surface area contributed by atoms with E-state index in [0.29, 0.717) is 17.0 Å². The summed E-state index contributed by atoms with van der Waals surface area (Å²) in [6.07, 6.45) is 1.77. The van der Waals surface area contributed by atoms with E-state index in [2.05, 4.69) is 4.98 Å². The first-order valence-corrected chi connectivity index (χ1v) is 5.59. The van der Waals surface area contributed by atoms with E-state index in [1.165, 1.54) is 11.8 Å². The maximum absolute atomic E-state index is 11.7. The Labute approximate surface area is 90.7 Å². The van der Waals surface area contributed by atoms with Gasteiger partial charge >= 0.3 is 0 Å². The van der Waals surface area contributed by atoms with Gasteiger partial charge in [0.25, 0.3) is 0 Å². The lowest BCUT2D eigenvalue weighted by atomic mass is 10.0. The molecule has 0 radical (unpaired) electrons. The van der Waals surface area contributed by atoms with Gasteiger partial charge in [0.2, 0.25) is 0 Å². The van der Waals surface area contributed by atoms with Crippen LogP contribution in [0.25, 0.3) is 10.8 Å². The summed E-state index contributed by atoms with van der Waals surface area (Å²) in [5.74, 6) is 0.612. The maximum Gasteiger partial charge on any atom is 0.176 e. The average molecular weight is 216 g/mol. The summed E-state index contributed by atoms with van der Waals surface area (Å²) < 4.78 is 0. The number of anilines is 1. The molecule has 15 heavy (non-hydrogen) atoms. The SMILES string of the molecule is Nc1cccc2cnc3c(c12)C(=O)CS3. The molecular weight excluding hydrogens is 208 g/mol. The zero-order valence-electron chi connectivity index (χ0n) is 7.86. The minimum atomic E-state index is 0.131. The molecule has 74 valence electrons. The van der Waals surface area contributed by atoms with Gasteiger partial charge in [-0.15, -0.1) is 0 Å². The Kier molecular flexibility index (Phi) is 1.73. The van der Waals surface area contributed by atoms with Crippen molar-refractivity contribution in [3.05, 3.63) is 30.0 Å². The standard InChI is InChI=1S/C11H8N2OS/c12-7-3-1-2-6-4-13-11-10(9(6)7)8(14)5-15-11/h1-4H,5,12H2. The van der Waals surface area contributed by atoms with Crippen LogP contribution in [0, 0.1) is 0 Å². The van der Waals surface area contributed by atoms with Crippen LogP contribution in [0.2, 0.25) is 0 Å². The van der Waals surface area contributed by atoms with E-state index in [1.54, 1.807) is 6.20 Å². The lowest BCUT2D eigenvalue weighted by Crippen LogP contribution is -1.99. The van der Waals surface area contributed by atoms with Gasteiger partial charge in [-0.1, -0.05) is 23.9 Å². The Morgan fingerprint density at radius 2 is 2.27 bits per heavy atom. The van der Waals surface area contributed by atoms with Crippen LogP contribution in [0.15, 0.2) is 29.4 Å². The second-order valence-electron chi connectivity index (χ2n) is 3.46. The van der Waals surface area contributed by atoms with Crippen molar-refractivity contribution in [2.75, 3.05) is 11.5 Å². The minimum absolute atomic E-state index is 0.131. The molecule has 1 aliphatic heterocycles. The van der Waals surface area contributed by atoms with Gasteiger partial charge in [0, 0.05) is 22.7 Å². The molecule has 0 saturated heterocycles. The Balaban J connectivity index is 2.51. The number of hydrogen-bond donors (Lipinski definition) is 1. The molecule has 3 rings (SSSR count). The Hall–Kier alpha value is -1.55. The van der Waals surface area contributed by atoms with Crippen molar-refractivity contribution < 1.29 is 4.79 Å². The van der Waals surface area contributed by atoms with Crippen molar-refractivity contribution in [1.29, 1.82) is 0 Å². The highest BCUT2D eigenvalue weighted by Crippen LogP contribution is 2.36. The molecule has 0 fully saturated rings. The van der Waals surface area contributed by atoms with Crippen LogP contribution in [0.3, 0.4) is 0 Å². The molecule has 2 aromatic rings. The lowest BCUT2D eigenvalue weighted by molar-refractivity contribution is 0.102. The zero-order chi connectivity index (χ0) is 10.4. The molecule has 1 aromatic heterocycles. The molecule has 4 heteroatoms. The summed E-state index contributed by atoms with van der Waals surface area (Å²) in [7, 11) is 0. The highest BCUT2D eigenvalue weighted by molar-refractivity contribution is 8.00. The van der Waals surface area contributed by atoms with Gasteiger partial charge in [0.1, 0.15) is 5.03 Å². The number of benzene rings is 1. The fraction of sp³-hybridized carbons (Fsp3) is 0.0909. The van der Waals surface area contributed by atoms with Crippen LogP contribution in [-0.2, 0) is 0 Å². The number of nitrogen functional groups attached to an aromatic ring is 1. The number of pyridine rings is 1. The van der Waals surface area contributed by atoms with Crippen LogP contribution in [-0.4, -0.2) is 16.5 Å². The number of rotatable bonds is 0. The predicted molar refractivity (Wildman–Crippen MR) is 61.2 cm³/mol. The second kappa shape index (κ2) is 2.97. The van der Waals surface area contributed by atoms with Crippen LogP contribution >= 0.6 is 11.8 Å². The number of carbonyl (C=O) groups excluding carboxylic acids is 1. The van der Waals surface area contributed by atoms with Gasteiger partial charge in [-0.2, -0.15) is 0 Å². The number of carbonyl (C=O) groups is 1. The number of Topliss-reactive ketones (excluding diaryl/α,β-unsaturated/α-hetero) is 1. The van der Waals surface area contributed by atoms with Crippen molar-refractivity contribution in [2.24, 2.45) is 0 Å². The third-order valence-electron chi connectivity index (χ3n) is 2.53. The fourth-order valence-corrected chi connectivity index (χ4v) is 2.76. The summed E-state index contributed by atoms with van der Waals surface area (Å²) in [6.45, 7) is 0. The van der Waals surface area contributed by atoms with Crippen LogP contribution in [0.5, 0.6) is 0 Å². The molecule has 0 saturated carbocycles. The summed E-state index contributed by atoms with van der Waals surface area (Å²) in [6, 6.07) is 5.62. The number of ketones is 1. The normalized spacial score (nSPS) is 14.5. The molecule has 2 heterocycles. The van der Waals surface area contributed by atoms with E-state index in [1.807, 2.05) is 18.2 Å². The Morgan fingerprint density at radius 3 is 3.13 bits per heavy atom. The molecule has 0 bridgehead atoms. The van der Waals surface area contributed by atoms with Gasteiger partial charge in [0.05, 0.1) is 11.3 Å². The predicted octanol–water partition coefficient (Wildman–Crippen LogP) is 2.11. The third-order valence-corrected chi connectivity index (χ3v) is 3.52. The third kappa shape index (κ3) is 1.15. The monoisotopic (exact) mass is 216 g/mol. The lowest BCUT2D eigenvalue weighted by Gasteiger charge is -2.05. The van der Waals surface area contributed by atoms with Crippen molar-refractivity contribution >= 4 is 34.0 Å². The smallest absolute Gasteiger partial charge is 0.176 e. The molecule has 1 aliphatic rings. The van der Waals surface area contributed by atoms with E-state index < -0.39 is 0 Å². The molecule has 3 nitrogen and oxygen atoms in total. The highest BCUT2D eigenvalue weighted by Gasteiger charge is 2.24. The summed E-state index contributed by atoms with van der Waals surface area (Å²) >= 11 is 1.48. The number of thioether (sulfide) groups is 1. The van der Waals surface area contributed by atoms with Gasteiger partial charge in [-0.3, -0.25) is 4.79 Å². The first-order chi connectivity index (χ1) is 7.27. The number of nitrogens with two attached hydrogens (primary N) is 1. The quantitative estimate of drug-likeness (QED) is 0.685. The Bertz CT molecular complexity index is 580. The van der Waals surface area contributed by atoms with Crippen LogP contribution < -0.4 is 5.73 Å². The van der Waals surface area contributed by atoms with E-state index >= 15 is 0 Å². The molecule has 0 atom stereocenters. The molecule has 0 amide bonds. The van der Waals surface area contributed by atoms with Crippen molar-refractivity contribution in [3.63, 3.8) is 0 Å². The molecular formula is C11H8N2OS. The molecule has 0 spiro atoms. The summed E-state index contributed by atoms with van der Waals surface area (Å²) in [4.78, 5) is 16.0. The molecule has 0 aliphatic carbocycles. The zero-order valence-corrected chi connectivity index (χ0v) is 8.67. The average Bonchev–Trinajstić information content (AvgIpc) is 2.61. The van der Waals surface area contributed by atoms with Crippen molar-refractivity contribution in [2.45, 2.75) is 5.03 Å². The molecule has 1 aromatic carbocycles. The first-order valence-electron chi connectivity index (χ1n) is 4.60. The second-order valence-corrected chi connectivity index (χ2v) is 4.43. The molecule has 2 N–H and O–H groups in total. The number of aromatic nitrogens is 1. The van der Waals surface area contributed by atoms with Gasteiger partial charge in [0.15, 0.2) is 5.78 Å². The first kappa shape index (κ1) is 8.73. The molecule has 0 unspecified atom stereocenters. The number of hydrogen-bond acceptors (Lipinski definition) is 4. The van der Waals surface area contributed by atoms with Crippen molar-refractivity contribution in [1.82, 2.24) is 4.98 Å². The maximum atomic E-state index is 11.7. The highest BCUT2D eigenvalue weighted by atomic mass is 32.2. The van der Waals surface area contributed by atoms with Gasteiger partial charge in [-0.25, -0.2) is 4.98 Å². The van der Waals surface area contributed by atoms with Crippen LogP contribution in [0.1, 0.15) is 10.4 Å². The van der Waals surface area contributed by atoms with E-state index in [4.69, 9.17) is 5.73 Å². The van der Waals surface area contributed by atoms with E-state index in [9.17, 15) is 4.79 Å². The van der Waals surface area contributed by atoms with E-state index in [0.717, 1.165) is 15.8 Å². The number of nitrogens with zero attached hydrogens (tertiary/aromatic N) is 1. The number of fused-ring (bicyclic) bond motifs is 3. The van der Waals surface area contributed by atoms with Gasteiger partial charge in [-0.05, 0) is 6.07 Å². The minimum Gasteiger partial charge on any atom is -0.398 e. The summed E-state index contributed by atoms with van der Waals surface area (Å²) in [5, 5.41) is 2.60.